The van der Waals surface area contributed by atoms with E-state index in [2.05, 4.69) is 0 Å². The first-order chi connectivity index (χ1) is 10.1. The second-order valence-corrected chi connectivity index (χ2v) is 6.18. The zero-order chi connectivity index (χ0) is 16.7. The van der Waals surface area contributed by atoms with Crippen LogP contribution in [0.2, 0.25) is 0 Å². The first-order valence-corrected chi connectivity index (χ1v) is 7.50. The lowest BCUT2D eigenvalue weighted by Gasteiger charge is -2.17. The van der Waals surface area contributed by atoms with Crippen molar-refractivity contribution < 1.29 is 30.8 Å². The first kappa shape index (κ1) is 16.2. The smallest absolute Gasteiger partial charge is 0.302 e. The fraction of sp³-hybridized carbons (Fsp3) is 0.364. The Bertz CT molecular complexity index is 752. The summed E-state index contributed by atoms with van der Waals surface area (Å²) >= 11 is 0. The highest BCUT2D eigenvalue weighted by Gasteiger charge is 2.38. The molecule has 120 valence electrons. The predicted molar refractivity (Wildman–Crippen MR) is 68.4 cm³/mol. The SMILES string of the molecule is O=C1CC(CS(=O)(=O)F)CN1c1c([N+](=O)[O-])ccc(F)c1F. The maximum atomic E-state index is 13.8. The molecule has 1 atom stereocenters. The topological polar surface area (TPSA) is 97.6 Å². The number of halogens is 3. The number of carbonyl (C=O) groups is 1. The summed E-state index contributed by atoms with van der Waals surface area (Å²) in [5.41, 5.74) is -1.72. The molecule has 11 heteroatoms. The van der Waals surface area contributed by atoms with Gasteiger partial charge in [0.05, 0.1) is 10.7 Å². The monoisotopic (exact) mass is 338 g/mol. The maximum Gasteiger partial charge on any atom is 0.302 e. The van der Waals surface area contributed by atoms with Crippen molar-refractivity contribution in [2.45, 2.75) is 6.42 Å². The Morgan fingerprint density at radius 2 is 2.00 bits per heavy atom. The normalized spacial score (nSPS) is 18.8. The largest absolute Gasteiger partial charge is 0.304 e. The fourth-order valence-electron chi connectivity index (χ4n) is 2.32. The number of anilines is 1. The predicted octanol–water partition coefficient (Wildman–Crippen LogP) is 1.53. The number of carbonyl (C=O) groups excluding carboxylic acids is 1. The minimum Gasteiger partial charge on any atom is -0.304 e. The van der Waals surface area contributed by atoms with E-state index in [-0.39, 0.29) is 0 Å². The van der Waals surface area contributed by atoms with E-state index in [9.17, 15) is 36.0 Å². The molecule has 1 aromatic carbocycles. The molecule has 1 fully saturated rings. The Morgan fingerprint density at radius 3 is 2.55 bits per heavy atom. The summed E-state index contributed by atoms with van der Waals surface area (Å²) in [4.78, 5) is 22.3. The average molecular weight is 338 g/mol. The summed E-state index contributed by atoms with van der Waals surface area (Å²) in [5.74, 6) is -5.80. The first-order valence-electron chi connectivity index (χ1n) is 5.95. The van der Waals surface area contributed by atoms with Crippen molar-refractivity contribution in [3.05, 3.63) is 33.9 Å². The Balaban J connectivity index is 2.42. The lowest BCUT2D eigenvalue weighted by molar-refractivity contribution is -0.384. The quantitative estimate of drug-likeness (QED) is 0.471. The van der Waals surface area contributed by atoms with Crippen LogP contribution in [0.25, 0.3) is 0 Å². The van der Waals surface area contributed by atoms with Crippen LogP contribution < -0.4 is 4.90 Å². The highest BCUT2D eigenvalue weighted by atomic mass is 32.3. The second-order valence-electron chi connectivity index (χ2n) is 4.77. The Labute approximate surface area is 122 Å². The Morgan fingerprint density at radius 1 is 1.36 bits per heavy atom. The highest BCUT2D eigenvalue weighted by molar-refractivity contribution is 7.86. The summed E-state index contributed by atoms with van der Waals surface area (Å²) in [6.45, 7) is -0.455. The van der Waals surface area contributed by atoms with Crippen LogP contribution in [-0.4, -0.2) is 31.5 Å². The third-order valence-electron chi connectivity index (χ3n) is 3.15. The fourth-order valence-corrected chi connectivity index (χ4v) is 3.11. The molecule has 0 N–H and O–H groups in total. The molecule has 1 unspecified atom stereocenters. The molecule has 1 aromatic rings. The minimum atomic E-state index is -4.86. The van der Waals surface area contributed by atoms with Gasteiger partial charge in [0, 0.05) is 24.9 Å². The molecule has 2 rings (SSSR count). The zero-order valence-electron chi connectivity index (χ0n) is 10.8. The molecule has 0 radical (unpaired) electrons. The van der Waals surface area contributed by atoms with Gasteiger partial charge in [-0.3, -0.25) is 14.9 Å². The van der Waals surface area contributed by atoms with Gasteiger partial charge in [0.1, 0.15) is 0 Å². The molecule has 0 bridgehead atoms. The molecule has 22 heavy (non-hydrogen) atoms. The average Bonchev–Trinajstić information content (AvgIpc) is 2.70. The lowest BCUT2D eigenvalue weighted by Crippen LogP contribution is -2.27. The Kier molecular flexibility index (Phi) is 4.09. The van der Waals surface area contributed by atoms with E-state index in [1.165, 1.54) is 0 Å². The van der Waals surface area contributed by atoms with E-state index in [0.717, 1.165) is 0 Å². The van der Waals surface area contributed by atoms with Gasteiger partial charge in [-0.1, -0.05) is 0 Å². The Hall–Kier alpha value is -2.17. The van der Waals surface area contributed by atoms with Gasteiger partial charge in [-0.15, -0.1) is 3.89 Å². The summed E-state index contributed by atoms with van der Waals surface area (Å²) in [6, 6.07) is 1.24. The summed E-state index contributed by atoms with van der Waals surface area (Å²) in [6.07, 6.45) is -0.434. The van der Waals surface area contributed by atoms with Gasteiger partial charge in [-0.25, -0.2) is 8.78 Å². The summed E-state index contributed by atoms with van der Waals surface area (Å²) in [7, 11) is -4.86. The highest BCUT2D eigenvalue weighted by Crippen LogP contribution is 2.36. The van der Waals surface area contributed by atoms with Crippen molar-refractivity contribution in [1.29, 1.82) is 0 Å². The number of nitrogens with zero attached hydrogens (tertiary/aromatic N) is 2. The number of hydrogen-bond donors (Lipinski definition) is 0. The number of hydrogen-bond acceptors (Lipinski definition) is 5. The zero-order valence-corrected chi connectivity index (χ0v) is 11.6. The van der Waals surface area contributed by atoms with E-state index in [1.54, 1.807) is 0 Å². The molecule has 0 spiro atoms. The molecule has 1 saturated heterocycles. The molecular formula is C11H9F3N2O5S. The molecule has 0 aliphatic carbocycles. The molecule has 0 aromatic heterocycles. The van der Waals surface area contributed by atoms with Crippen LogP contribution in [0.4, 0.5) is 24.0 Å². The summed E-state index contributed by atoms with van der Waals surface area (Å²) in [5, 5.41) is 10.9. The van der Waals surface area contributed by atoms with Gasteiger partial charge < -0.3 is 4.90 Å². The number of nitro benzene ring substituents is 1. The van der Waals surface area contributed by atoms with Gasteiger partial charge in [0.15, 0.2) is 17.3 Å². The van der Waals surface area contributed by atoms with Gasteiger partial charge in [0.2, 0.25) is 5.91 Å². The van der Waals surface area contributed by atoms with Gasteiger partial charge in [-0.2, -0.15) is 8.42 Å². The van der Waals surface area contributed by atoms with Crippen LogP contribution >= 0.6 is 0 Å². The number of nitro groups is 1. The third kappa shape index (κ3) is 3.18. The van der Waals surface area contributed by atoms with Crippen LogP contribution in [0.1, 0.15) is 6.42 Å². The molecule has 1 aliphatic heterocycles. The molecular weight excluding hydrogens is 329 g/mol. The van der Waals surface area contributed by atoms with Gasteiger partial charge in [-0.05, 0) is 6.07 Å². The van der Waals surface area contributed by atoms with E-state index >= 15 is 0 Å². The molecule has 1 amide bonds. The van der Waals surface area contributed by atoms with E-state index in [4.69, 9.17) is 0 Å². The molecule has 1 aliphatic rings. The van der Waals surface area contributed by atoms with Crippen LogP contribution in [0.15, 0.2) is 12.1 Å². The van der Waals surface area contributed by atoms with E-state index in [1.807, 2.05) is 0 Å². The van der Waals surface area contributed by atoms with E-state index < -0.39 is 68.7 Å². The van der Waals surface area contributed by atoms with Gasteiger partial charge >= 0.3 is 10.2 Å². The molecule has 0 saturated carbocycles. The van der Waals surface area contributed by atoms with Crippen LogP contribution in [0, 0.1) is 27.7 Å². The van der Waals surface area contributed by atoms with Crippen molar-refractivity contribution in [3.8, 4) is 0 Å². The minimum absolute atomic E-state index is 0.434. The number of rotatable bonds is 4. The van der Waals surface area contributed by atoms with Gasteiger partial charge in [0.25, 0.3) is 5.69 Å². The van der Waals surface area contributed by atoms with Crippen LogP contribution in [0.5, 0.6) is 0 Å². The van der Waals surface area contributed by atoms with Crippen molar-refractivity contribution in [2.24, 2.45) is 5.92 Å². The second kappa shape index (κ2) is 5.55. The van der Waals surface area contributed by atoms with E-state index in [0.29, 0.717) is 17.0 Å². The standard InChI is InChI=1S/C11H9F3N2O5S/c12-7-1-2-8(16(18)19)11(10(7)13)15-4-6(3-9(15)17)5-22(14,20)21/h1-2,6H,3-5H2. The van der Waals surface area contributed by atoms with Crippen molar-refractivity contribution in [1.82, 2.24) is 0 Å². The maximum absolute atomic E-state index is 13.8. The lowest BCUT2D eigenvalue weighted by atomic mass is 10.1. The number of benzene rings is 1. The molecule has 7 nitrogen and oxygen atoms in total. The molecule has 1 heterocycles. The number of amides is 1. The van der Waals surface area contributed by atoms with Crippen molar-refractivity contribution >= 4 is 27.5 Å². The van der Waals surface area contributed by atoms with Crippen LogP contribution in [0.3, 0.4) is 0 Å². The third-order valence-corrected chi connectivity index (χ3v) is 4.02. The summed E-state index contributed by atoms with van der Waals surface area (Å²) < 4.78 is 61.0. The van der Waals surface area contributed by atoms with Crippen molar-refractivity contribution in [3.63, 3.8) is 0 Å². The van der Waals surface area contributed by atoms with Crippen molar-refractivity contribution in [2.75, 3.05) is 17.2 Å². The van der Waals surface area contributed by atoms with Crippen LogP contribution in [-0.2, 0) is 15.0 Å².